The summed E-state index contributed by atoms with van der Waals surface area (Å²) in [5.74, 6) is 1.18. The van der Waals surface area contributed by atoms with Gasteiger partial charge in [0.2, 0.25) is 0 Å². The lowest BCUT2D eigenvalue weighted by Crippen LogP contribution is -2.06. The fourth-order valence-electron chi connectivity index (χ4n) is 1.81. The smallest absolute Gasteiger partial charge is 0.161 e. The average molecular weight is 265 g/mol. The molecule has 0 atom stereocenters. The number of hydrogen-bond donors (Lipinski definition) is 0. The molecule has 2 aromatic rings. The van der Waals surface area contributed by atoms with E-state index >= 15 is 0 Å². The Morgan fingerprint density at radius 3 is 2.72 bits per heavy atom. The standard InChI is InChI=1S/C13H17ClN4/c1-4-5-10-12(14)15-8-16-13(10)18-7-6-11(17-18)9(2)3/h6-9H,4-5H2,1-3H3. The molecule has 0 saturated heterocycles. The van der Waals surface area contributed by atoms with Gasteiger partial charge in [0.25, 0.3) is 0 Å². The molecule has 2 aromatic heterocycles. The highest BCUT2D eigenvalue weighted by Gasteiger charge is 2.12. The number of halogens is 1. The molecule has 0 aliphatic carbocycles. The van der Waals surface area contributed by atoms with E-state index in [0.29, 0.717) is 11.1 Å². The zero-order valence-electron chi connectivity index (χ0n) is 10.9. The first-order chi connectivity index (χ1) is 8.63. The van der Waals surface area contributed by atoms with Gasteiger partial charge in [-0.3, -0.25) is 0 Å². The third kappa shape index (κ3) is 2.53. The SMILES string of the molecule is CCCc1c(Cl)ncnc1-n1ccc(C(C)C)n1. The van der Waals surface area contributed by atoms with Gasteiger partial charge in [0.05, 0.1) is 5.69 Å². The second kappa shape index (κ2) is 5.48. The summed E-state index contributed by atoms with van der Waals surface area (Å²) in [5.41, 5.74) is 2.01. The lowest BCUT2D eigenvalue weighted by molar-refractivity contribution is 0.743. The van der Waals surface area contributed by atoms with Crippen molar-refractivity contribution in [1.29, 1.82) is 0 Å². The van der Waals surface area contributed by atoms with Crippen LogP contribution in [-0.4, -0.2) is 19.7 Å². The minimum absolute atomic E-state index is 0.401. The summed E-state index contributed by atoms with van der Waals surface area (Å²) < 4.78 is 1.79. The van der Waals surface area contributed by atoms with Crippen molar-refractivity contribution in [2.45, 2.75) is 39.5 Å². The van der Waals surface area contributed by atoms with E-state index in [1.807, 2.05) is 12.3 Å². The largest absolute Gasteiger partial charge is 0.224 e. The van der Waals surface area contributed by atoms with Gasteiger partial charge in [0, 0.05) is 11.8 Å². The van der Waals surface area contributed by atoms with Crippen LogP contribution in [0.4, 0.5) is 0 Å². The van der Waals surface area contributed by atoms with Crippen LogP contribution in [0.5, 0.6) is 0 Å². The molecule has 0 fully saturated rings. The van der Waals surface area contributed by atoms with E-state index in [2.05, 4.69) is 35.8 Å². The summed E-state index contributed by atoms with van der Waals surface area (Å²) in [4.78, 5) is 8.34. The molecule has 0 aliphatic rings. The Labute approximate surface area is 112 Å². The molecule has 0 unspecified atom stereocenters. The Hall–Kier alpha value is -1.42. The van der Waals surface area contributed by atoms with Gasteiger partial charge < -0.3 is 0 Å². The van der Waals surface area contributed by atoms with Crippen LogP contribution in [0.1, 0.15) is 44.4 Å². The van der Waals surface area contributed by atoms with E-state index in [1.165, 1.54) is 6.33 Å². The van der Waals surface area contributed by atoms with Gasteiger partial charge in [-0.05, 0) is 18.4 Å². The molecule has 5 heteroatoms. The van der Waals surface area contributed by atoms with Crippen molar-refractivity contribution in [2.75, 3.05) is 0 Å². The predicted molar refractivity (Wildman–Crippen MR) is 72.2 cm³/mol. The summed E-state index contributed by atoms with van der Waals surface area (Å²) in [7, 11) is 0. The topological polar surface area (TPSA) is 43.6 Å². The van der Waals surface area contributed by atoms with Gasteiger partial charge in [-0.2, -0.15) is 5.10 Å². The first-order valence-corrected chi connectivity index (χ1v) is 6.56. The third-order valence-corrected chi connectivity index (χ3v) is 3.11. The maximum Gasteiger partial charge on any atom is 0.161 e. The fourth-order valence-corrected chi connectivity index (χ4v) is 2.03. The second-order valence-corrected chi connectivity index (χ2v) is 4.91. The monoisotopic (exact) mass is 264 g/mol. The highest BCUT2D eigenvalue weighted by molar-refractivity contribution is 6.30. The molecule has 0 aliphatic heterocycles. The molecule has 0 saturated carbocycles. The van der Waals surface area contributed by atoms with Crippen LogP contribution < -0.4 is 0 Å². The third-order valence-electron chi connectivity index (χ3n) is 2.79. The first-order valence-electron chi connectivity index (χ1n) is 6.18. The molecule has 0 spiro atoms. The van der Waals surface area contributed by atoms with E-state index in [9.17, 15) is 0 Å². The predicted octanol–water partition coefficient (Wildman–Crippen LogP) is 3.39. The van der Waals surface area contributed by atoms with Crippen molar-refractivity contribution in [3.63, 3.8) is 0 Å². The van der Waals surface area contributed by atoms with Gasteiger partial charge >= 0.3 is 0 Å². The van der Waals surface area contributed by atoms with Crippen molar-refractivity contribution in [1.82, 2.24) is 19.7 Å². The van der Waals surface area contributed by atoms with Gasteiger partial charge in [0.1, 0.15) is 11.5 Å². The molecule has 0 bridgehead atoms. The van der Waals surface area contributed by atoms with E-state index in [1.54, 1.807) is 4.68 Å². The van der Waals surface area contributed by atoms with Gasteiger partial charge in [-0.25, -0.2) is 14.6 Å². The minimum atomic E-state index is 0.401. The molecular formula is C13H17ClN4. The molecule has 96 valence electrons. The highest BCUT2D eigenvalue weighted by atomic mass is 35.5. The van der Waals surface area contributed by atoms with Crippen molar-refractivity contribution < 1.29 is 0 Å². The molecule has 0 aromatic carbocycles. The summed E-state index contributed by atoms with van der Waals surface area (Å²) in [6, 6.07) is 2.01. The van der Waals surface area contributed by atoms with Crippen molar-refractivity contribution >= 4 is 11.6 Å². The fraction of sp³-hybridized carbons (Fsp3) is 0.462. The molecule has 2 heterocycles. The molecule has 0 N–H and O–H groups in total. The number of rotatable bonds is 4. The van der Waals surface area contributed by atoms with Crippen LogP contribution in [0.25, 0.3) is 5.82 Å². The molecule has 2 rings (SSSR count). The molecule has 0 radical (unpaired) electrons. The van der Waals surface area contributed by atoms with Crippen molar-refractivity contribution in [2.24, 2.45) is 0 Å². The molecular weight excluding hydrogens is 248 g/mol. The molecule has 4 nitrogen and oxygen atoms in total. The van der Waals surface area contributed by atoms with Crippen molar-refractivity contribution in [3.8, 4) is 5.82 Å². The summed E-state index contributed by atoms with van der Waals surface area (Å²) >= 11 is 6.14. The summed E-state index contributed by atoms with van der Waals surface area (Å²) in [6.45, 7) is 6.34. The van der Waals surface area contributed by atoms with Crippen LogP contribution in [-0.2, 0) is 6.42 Å². The maximum atomic E-state index is 6.14. The van der Waals surface area contributed by atoms with Crippen LogP contribution in [0.2, 0.25) is 5.15 Å². The van der Waals surface area contributed by atoms with Gasteiger partial charge in [-0.1, -0.05) is 38.8 Å². The highest BCUT2D eigenvalue weighted by Crippen LogP contribution is 2.21. The molecule has 18 heavy (non-hydrogen) atoms. The zero-order valence-corrected chi connectivity index (χ0v) is 11.6. The lowest BCUT2D eigenvalue weighted by atomic mass is 10.1. The zero-order chi connectivity index (χ0) is 13.1. The Kier molecular flexibility index (Phi) is 3.97. The maximum absolute atomic E-state index is 6.14. The van der Waals surface area contributed by atoms with Crippen molar-refractivity contribution in [3.05, 3.63) is 35.0 Å². The Bertz CT molecular complexity index is 534. The van der Waals surface area contributed by atoms with Gasteiger partial charge in [0.15, 0.2) is 5.82 Å². The second-order valence-electron chi connectivity index (χ2n) is 4.56. The normalized spacial score (nSPS) is 11.2. The average Bonchev–Trinajstić information content (AvgIpc) is 2.81. The lowest BCUT2D eigenvalue weighted by Gasteiger charge is -2.08. The number of nitrogens with zero attached hydrogens (tertiary/aromatic N) is 4. The van der Waals surface area contributed by atoms with Crippen LogP contribution in [0.15, 0.2) is 18.6 Å². The first kappa shape index (κ1) is 13.0. The Balaban J connectivity index is 2.45. The minimum Gasteiger partial charge on any atom is -0.224 e. The van der Waals surface area contributed by atoms with E-state index < -0.39 is 0 Å². The van der Waals surface area contributed by atoms with E-state index in [0.717, 1.165) is 29.9 Å². The van der Waals surface area contributed by atoms with Crippen LogP contribution >= 0.6 is 11.6 Å². The quantitative estimate of drug-likeness (QED) is 0.795. The Morgan fingerprint density at radius 2 is 2.11 bits per heavy atom. The van der Waals surface area contributed by atoms with Crippen LogP contribution in [0, 0.1) is 0 Å². The number of hydrogen-bond acceptors (Lipinski definition) is 3. The van der Waals surface area contributed by atoms with E-state index in [-0.39, 0.29) is 0 Å². The summed E-state index contributed by atoms with van der Waals surface area (Å²) in [6.07, 6.45) is 5.25. The molecule has 0 amide bonds. The van der Waals surface area contributed by atoms with Gasteiger partial charge in [-0.15, -0.1) is 0 Å². The Morgan fingerprint density at radius 1 is 1.33 bits per heavy atom. The van der Waals surface area contributed by atoms with E-state index in [4.69, 9.17) is 11.6 Å². The summed E-state index contributed by atoms with van der Waals surface area (Å²) in [5, 5.41) is 5.05. The number of aromatic nitrogens is 4. The van der Waals surface area contributed by atoms with Crippen LogP contribution in [0.3, 0.4) is 0 Å².